The predicted molar refractivity (Wildman–Crippen MR) is 112 cm³/mol. The fourth-order valence-electron chi connectivity index (χ4n) is 2.52. The summed E-state index contributed by atoms with van der Waals surface area (Å²) in [6, 6.07) is 7.68. The number of carbonyl (C=O) groups excluding carboxylic acids is 1. The number of alkyl halides is 6. The summed E-state index contributed by atoms with van der Waals surface area (Å²) >= 11 is 0. The van der Waals surface area contributed by atoms with Crippen LogP contribution < -0.4 is 10.2 Å². The van der Waals surface area contributed by atoms with Gasteiger partial charge >= 0.3 is 30.3 Å². The fourth-order valence-corrected chi connectivity index (χ4v) is 2.52. The third kappa shape index (κ3) is 10.4. The molecular formula is C20H21F6N5O5. The van der Waals surface area contributed by atoms with Crippen LogP contribution in [0.4, 0.5) is 37.0 Å². The van der Waals surface area contributed by atoms with Gasteiger partial charge in [-0.15, -0.1) is 0 Å². The molecule has 198 valence electrons. The molecule has 0 fully saturated rings. The Morgan fingerprint density at radius 2 is 1.53 bits per heavy atom. The van der Waals surface area contributed by atoms with Gasteiger partial charge in [0.15, 0.2) is 0 Å². The Kier molecular flexibility index (Phi) is 10.9. The van der Waals surface area contributed by atoms with Crippen LogP contribution in [0.15, 0.2) is 42.9 Å². The minimum Gasteiger partial charge on any atom is -0.475 e. The van der Waals surface area contributed by atoms with Crippen molar-refractivity contribution in [3.63, 3.8) is 0 Å². The summed E-state index contributed by atoms with van der Waals surface area (Å²) in [4.78, 5) is 42.6. The monoisotopic (exact) mass is 525 g/mol. The van der Waals surface area contributed by atoms with Gasteiger partial charge in [0.2, 0.25) is 0 Å². The van der Waals surface area contributed by atoms with Gasteiger partial charge in [-0.05, 0) is 17.7 Å². The molecule has 0 atom stereocenters. The summed E-state index contributed by atoms with van der Waals surface area (Å²) in [5.41, 5.74) is 2.06. The van der Waals surface area contributed by atoms with Crippen LogP contribution in [0.25, 0.3) is 0 Å². The molecule has 2 amide bonds. The van der Waals surface area contributed by atoms with Crippen molar-refractivity contribution in [3.05, 3.63) is 54.0 Å². The van der Waals surface area contributed by atoms with Gasteiger partial charge in [0.1, 0.15) is 5.82 Å². The Labute approximate surface area is 200 Å². The van der Waals surface area contributed by atoms with Crippen LogP contribution in [-0.4, -0.2) is 75.5 Å². The molecular weight excluding hydrogens is 504 g/mol. The molecule has 1 aliphatic heterocycles. The maximum absolute atomic E-state index is 12.4. The summed E-state index contributed by atoms with van der Waals surface area (Å²) < 4.78 is 63.5. The summed E-state index contributed by atoms with van der Waals surface area (Å²) in [5.74, 6) is -4.56. The quantitative estimate of drug-likeness (QED) is 0.510. The van der Waals surface area contributed by atoms with E-state index in [1.165, 1.54) is 0 Å². The highest BCUT2D eigenvalue weighted by Crippen LogP contribution is 2.21. The summed E-state index contributed by atoms with van der Waals surface area (Å²) in [5, 5.41) is 17.2. The molecule has 0 saturated heterocycles. The first-order chi connectivity index (χ1) is 16.6. The van der Waals surface area contributed by atoms with Crippen LogP contribution in [0.5, 0.6) is 0 Å². The highest BCUT2D eigenvalue weighted by Gasteiger charge is 2.38. The van der Waals surface area contributed by atoms with E-state index < -0.39 is 24.3 Å². The predicted octanol–water partition coefficient (Wildman–Crippen LogP) is 2.90. The summed E-state index contributed by atoms with van der Waals surface area (Å²) in [7, 11) is 2.00. The van der Waals surface area contributed by atoms with E-state index in [0.717, 1.165) is 23.5 Å². The Morgan fingerprint density at radius 3 is 2.03 bits per heavy atom. The van der Waals surface area contributed by atoms with Crippen molar-refractivity contribution in [3.8, 4) is 0 Å². The number of anilines is 1. The number of pyridine rings is 2. The van der Waals surface area contributed by atoms with Crippen molar-refractivity contribution in [1.29, 1.82) is 0 Å². The molecule has 36 heavy (non-hydrogen) atoms. The van der Waals surface area contributed by atoms with Crippen molar-refractivity contribution in [1.82, 2.24) is 20.2 Å². The molecule has 0 aromatic carbocycles. The topological polar surface area (TPSA) is 136 Å². The molecule has 3 rings (SSSR count). The van der Waals surface area contributed by atoms with Crippen molar-refractivity contribution in [2.45, 2.75) is 25.4 Å². The van der Waals surface area contributed by atoms with Gasteiger partial charge in [-0.3, -0.25) is 4.98 Å². The zero-order chi connectivity index (χ0) is 27.5. The number of fused-ring (bicyclic) bond motifs is 1. The van der Waals surface area contributed by atoms with Gasteiger partial charge in [-0.2, -0.15) is 26.3 Å². The number of carbonyl (C=O) groups is 3. The number of nitrogens with one attached hydrogen (secondary N) is 1. The van der Waals surface area contributed by atoms with E-state index in [4.69, 9.17) is 19.8 Å². The first kappa shape index (κ1) is 29.9. The van der Waals surface area contributed by atoms with Crippen LogP contribution >= 0.6 is 0 Å². The highest BCUT2D eigenvalue weighted by atomic mass is 19.4. The van der Waals surface area contributed by atoms with Gasteiger partial charge in [0.05, 0.1) is 6.54 Å². The van der Waals surface area contributed by atoms with Gasteiger partial charge in [-0.1, -0.05) is 12.1 Å². The number of nitrogens with zero attached hydrogens (tertiary/aromatic N) is 4. The number of hydrogen-bond acceptors (Lipinski definition) is 6. The van der Waals surface area contributed by atoms with Crippen LogP contribution in [0.2, 0.25) is 0 Å². The Bertz CT molecular complexity index is 996. The normalized spacial score (nSPS) is 13.1. The molecule has 1 aliphatic rings. The second-order valence-corrected chi connectivity index (χ2v) is 6.96. The lowest BCUT2D eigenvalue weighted by Gasteiger charge is -2.21. The molecule has 0 saturated carbocycles. The summed E-state index contributed by atoms with van der Waals surface area (Å²) in [6.45, 7) is 2.50. The molecule has 2 aromatic rings. The summed E-state index contributed by atoms with van der Waals surface area (Å²) in [6.07, 6.45) is -4.90. The number of halogens is 6. The number of urea groups is 1. The molecule has 10 nitrogen and oxygen atoms in total. The minimum absolute atomic E-state index is 0.0612. The molecule has 2 aromatic heterocycles. The lowest BCUT2D eigenvalue weighted by atomic mass is 10.2. The molecule has 16 heteroatoms. The van der Waals surface area contributed by atoms with E-state index in [9.17, 15) is 31.1 Å². The zero-order valence-electron chi connectivity index (χ0n) is 18.5. The maximum Gasteiger partial charge on any atom is 0.490 e. The van der Waals surface area contributed by atoms with Crippen LogP contribution in [-0.2, 0) is 22.7 Å². The number of carboxylic acid groups (broad SMARTS) is 2. The van der Waals surface area contributed by atoms with E-state index >= 15 is 0 Å². The number of aromatic nitrogens is 2. The fraction of sp³-hybridized carbons (Fsp3) is 0.350. The second kappa shape index (κ2) is 13.1. The number of rotatable bonds is 2. The number of hydrogen-bond donors (Lipinski definition) is 3. The molecule has 0 spiro atoms. The van der Waals surface area contributed by atoms with Gasteiger partial charge < -0.3 is 25.3 Å². The molecule has 3 heterocycles. The molecule has 0 unspecified atom stereocenters. The molecule has 0 bridgehead atoms. The average molecular weight is 525 g/mol. The molecule has 0 radical (unpaired) electrons. The van der Waals surface area contributed by atoms with E-state index in [0.29, 0.717) is 19.6 Å². The third-order valence-corrected chi connectivity index (χ3v) is 4.23. The van der Waals surface area contributed by atoms with Gasteiger partial charge in [0.25, 0.3) is 0 Å². The van der Waals surface area contributed by atoms with Gasteiger partial charge in [-0.25, -0.2) is 19.4 Å². The minimum atomic E-state index is -5.08. The number of carboxylic acids is 2. The average Bonchev–Trinajstić information content (AvgIpc) is 2.97. The Balaban J connectivity index is 0.000000383. The largest absolute Gasteiger partial charge is 0.490 e. The Hall–Kier alpha value is -4.11. The lowest BCUT2D eigenvalue weighted by Crippen LogP contribution is -2.41. The van der Waals surface area contributed by atoms with Crippen LogP contribution in [0.1, 0.15) is 11.1 Å². The third-order valence-electron chi connectivity index (χ3n) is 4.23. The number of amides is 2. The standard InChI is InChI=1S/C16H19N5O.2C2HF3O2/c1-20-8-9-21(12-14-5-3-7-18-15(14)20)16(22)19-11-13-4-2-6-17-10-13;2*3-2(4,5)1(6)7/h2-7,10H,8-9,11-12H2,1H3,(H,19,22);2*(H,6,7). The maximum atomic E-state index is 12.4. The first-order valence-corrected chi connectivity index (χ1v) is 9.79. The van der Waals surface area contributed by atoms with E-state index in [2.05, 4.69) is 20.2 Å². The zero-order valence-corrected chi connectivity index (χ0v) is 18.5. The smallest absolute Gasteiger partial charge is 0.475 e. The van der Waals surface area contributed by atoms with Crippen LogP contribution in [0.3, 0.4) is 0 Å². The number of aliphatic carboxylic acids is 2. The van der Waals surface area contributed by atoms with E-state index in [-0.39, 0.29) is 6.03 Å². The second-order valence-electron chi connectivity index (χ2n) is 6.96. The first-order valence-electron chi connectivity index (χ1n) is 9.79. The number of likely N-dealkylation sites (N-methyl/N-ethyl adjacent to an activating group) is 1. The molecule has 3 N–H and O–H groups in total. The van der Waals surface area contributed by atoms with Crippen molar-refractivity contribution < 1.29 is 50.9 Å². The Morgan fingerprint density at radius 1 is 0.972 bits per heavy atom. The van der Waals surface area contributed by atoms with E-state index in [1.54, 1.807) is 18.6 Å². The SMILES string of the molecule is CN1CCN(C(=O)NCc2cccnc2)Cc2cccnc21.O=C(O)C(F)(F)F.O=C(O)C(F)(F)F. The highest BCUT2D eigenvalue weighted by molar-refractivity contribution is 5.75. The van der Waals surface area contributed by atoms with Gasteiger partial charge in [0, 0.05) is 50.8 Å². The van der Waals surface area contributed by atoms with Crippen LogP contribution in [0, 0.1) is 0 Å². The van der Waals surface area contributed by atoms with Crippen molar-refractivity contribution in [2.75, 3.05) is 25.0 Å². The van der Waals surface area contributed by atoms with Crippen molar-refractivity contribution in [2.24, 2.45) is 0 Å². The van der Waals surface area contributed by atoms with Crippen molar-refractivity contribution >= 4 is 23.8 Å². The molecule has 0 aliphatic carbocycles. The van der Waals surface area contributed by atoms with E-state index in [1.807, 2.05) is 36.2 Å². The lowest BCUT2D eigenvalue weighted by molar-refractivity contribution is -0.193.